The molecule has 8 aromatic carbocycles. The van der Waals surface area contributed by atoms with Gasteiger partial charge in [0.15, 0.2) is 5.82 Å². The van der Waals surface area contributed by atoms with Gasteiger partial charge in [0.2, 0.25) is 0 Å². The standard InChI is InChI=1S/C55H40N2/c1-55(2)50-25-10-9-24-48(50)49-31-30-46(35-51(49)55)44-21-12-19-42(33-44)41-18-11-20-43(32-41)45-22-13-23-47(34-45)53-36-52(56-54(57-53)40-16-7-4-8-17-40)39-28-26-38(27-29-39)37-14-5-3-6-15-37/h3-36H,1-2H3. The summed E-state index contributed by atoms with van der Waals surface area (Å²) in [6.07, 6.45) is 0. The lowest BCUT2D eigenvalue weighted by Gasteiger charge is -2.22. The van der Waals surface area contributed by atoms with Crippen molar-refractivity contribution in [2.24, 2.45) is 0 Å². The number of rotatable bonds is 7. The summed E-state index contributed by atoms with van der Waals surface area (Å²) in [7, 11) is 0. The summed E-state index contributed by atoms with van der Waals surface area (Å²) >= 11 is 0. The molecule has 0 aliphatic heterocycles. The van der Waals surface area contributed by atoms with Crippen LogP contribution in [0.1, 0.15) is 25.0 Å². The Labute approximate surface area is 334 Å². The van der Waals surface area contributed by atoms with E-state index in [0.717, 1.165) is 39.2 Å². The summed E-state index contributed by atoms with van der Waals surface area (Å²) in [5, 5.41) is 0. The van der Waals surface area contributed by atoms with E-state index in [0.29, 0.717) is 5.82 Å². The predicted octanol–water partition coefficient (Wildman–Crippen LogP) is 14.5. The zero-order chi connectivity index (χ0) is 38.3. The second-order valence-corrected chi connectivity index (χ2v) is 15.4. The second-order valence-electron chi connectivity index (χ2n) is 15.4. The van der Waals surface area contributed by atoms with Gasteiger partial charge in [0.25, 0.3) is 0 Å². The molecule has 2 nitrogen and oxygen atoms in total. The molecule has 1 aliphatic carbocycles. The molecule has 0 atom stereocenters. The minimum atomic E-state index is -0.0347. The van der Waals surface area contributed by atoms with Crippen LogP contribution in [-0.4, -0.2) is 9.97 Å². The average Bonchev–Trinajstić information content (AvgIpc) is 3.52. The van der Waals surface area contributed by atoms with Gasteiger partial charge in [-0.15, -0.1) is 0 Å². The van der Waals surface area contributed by atoms with Crippen LogP contribution in [0, 0.1) is 0 Å². The number of hydrogen-bond donors (Lipinski definition) is 0. The summed E-state index contributed by atoms with van der Waals surface area (Å²) in [4.78, 5) is 10.2. The molecule has 0 spiro atoms. The number of hydrogen-bond acceptors (Lipinski definition) is 2. The molecule has 0 unspecified atom stereocenters. The average molecular weight is 729 g/mol. The summed E-state index contributed by atoms with van der Waals surface area (Å²) in [5.74, 6) is 0.707. The molecule has 0 fully saturated rings. The van der Waals surface area contributed by atoms with Crippen LogP contribution >= 0.6 is 0 Å². The van der Waals surface area contributed by atoms with Gasteiger partial charge in [0.05, 0.1) is 11.4 Å². The zero-order valence-corrected chi connectivity index (χ0v) is 32.0. The lowest BCUT2D eigenvalue weighted by Crippen LogP contribution is -2.14. The van der Waals surface area contributed by atoms with E-state index in [1.807, 2.05) is 24.3 Å². The van der Waals surface area contributed by atoms with Crippen molar-refractivity contribution in [1.29, 1.82) is 0 Å². The minimum Gasteiger partial charge on any atom is -0.228 e. The number of aromatic nitrogens is 2. The van der Waals surface area contributed by atoms with Crippen LogP contribution in [0.5, 0.6) is 0 Å². The van der Waals surface area contributed by atoms with Gasteiger partial charge < -0.3 is 0 Å². The van der Waals surface area contributed by atoms with E-state index in [2.05, 4.69) is 196 Å². The third-order valence-corrected chi connectivity index (χ3v) is 11.5. The van der Waals surface area contributed by atoms with Crippen LogP contribution in [-0.2, 0) is 5.41 Å². The van der Waals surface area contributed by atoms with Gasteiger partial charge in [-0.25, -0.2) is 9.97 Å². The molecule has 9 aromatic rings. The largest absolute Gasteiger partial charge is 0.228 e. The molecule has 0 saturated carbocycles. The maximum absolute atomic E-state index is 5.13. The van der Waals surface area contributed by atoms with Gasteiger partial charge in [-0.2, -0.15) is 0 Å². The molecule has 1 aliphatic rings. The maximum atomic E-state index is 5.13. The monoisotopic (exact) mass is 728 g/mol. The first-order valence-corrected chi connectivity index (χ1v) is 19.6. The predicted molar refractivity (Wildman–Crippen MR) is 238 cm³/mol. The SMILES string of the molecule is CC1(C)c2ccccc2-c2ccc(-c3cccc(-c4cccc(-c5cccc(-c6cc(-c7ccc(-c8ccccc8)cc7)nc(-c7ccccc7)n6)c5)c4)c3)cc21. The highest BCUT2D eigenvalue weighted by atomic mass is 14.9. The van der Waals surface area contributed by atoms with Crippen molar-refractivity contribution in [2.75, 3.05) is 0 Å². The summed E-state index contributed by atoms with van der Waals surface area (Å²) in [6.45, 7) is 4.68. The van der Waals surface area contributed by atoms with E-state index in [1.165, 1.54) is 55.6 Å². The third kappa shape index (κ3) is 6.46. The molecule has 1 heterocycles. The van der Waals surface area contributed by atoms with E-state index in [-0.39, 0.29) is 5.41 Å². The van der Waals surface area contributed by atoms with Gasteiger partial charge in [-0.1, -0.05) is 190 Å². The summed E-state index contributed by atoms with van der Waals surface area (Å²) in [5.41, 5.74) is 19.8. The van der Waals surface area contributed by atoms with Gasteiger partial charge in [0.1, 0.15) is 0 Å². The Hall–Kier alpha value is -7.16. The molecule has 10 rings (SSSR count). The van der Waals surface area contributed by atoms with E-state index in [9.17, 15) is 0 Å². The van der Waals surface area contributed by atoms with E-state index >= 15 is 0 Å². The highest BCUT2D eigenvalue weighted by Crippen LogP contribution is 2.49. The zero-order valence-electron chi connectivity index (χ0n) is 32.0. The van der Waals surface area contributed by atoms with E-state index in [4.69, 9.17) is 9.97 Å². The number of benzene rings is 8. The van der Waals surface area contributed by atoms with Crippen LogP contribution in [0.15, 0.2) is 206 Å². The number of nitrogens with zero attached hydrogens (tertiary/aromatic N) is 2. The molecule has 0 N–H and O–H groups in total. The van der Waals surface area contributed by atoms with Crippen molar-refractivity contribution in [2.45, 2.75) is 19.3 Å². The first kappa shape index (κ1) is 34.3. The van der Waals surface area contributed by atoms with Crippen molar-refractivity contribution < 1.29 is 0 Å². The van der Waals surface area contributed by atoms with Crippen LogP contribution in [0.3, 0.4) is 0 Å². The Morgan fingerprint density at radius 2 is 0.684 bits per heavy atom. The Morgan fingerprint density at radius 3 is 1.30 bits per heavy atom. The molecular weight excluding hydrogens is 689 g/mol. The van der Waals surface area contributed by atoms with E-state index < -0.39 is 0 Å². The molecular formula is C55H40N2. The van der Waals surface area contributed by atoms with Crippen LogP contribution in [0.4, 0.5) is 0 Å². The van der Waals surface area contributed by atoms with Crippen molar-refractivity contribution in [1.82, 2.24) is 9.97 Å². The first-order chi connectivity index (χ1) is 28.0. The fourth-order valence-electron chi connectivity index (χ4n) is 8.42. The molecule has 0 amide bonds. The molecule has 57 heavy (non-hydrogen) atoms. The van der Waals surface area contributed by atoms with Crippen molar-refractivity contribution in [3.63, 3.8) is 0 Å². The minimum absolute atomic E-state index is 0.0347. The van der Waals surface area contributed by atoms with Crippen molar-refractivity contribution in [3.05, 3.63) is 217 Å². The Balaban J connectivity index is 0.981. The molecule has 0 saturated heterocycles. The van der Waals surface area contributed by atoms with Gasteiger partial charge in [-0.05, 0) is 97.1 Å². The van der Waals surface area contributed by atoms with Crippen molar-refractivity contribution in [3.8, 4) is 89.5 Å². The summed E-state index contributed by atoms with van der Waals surface area (Å²) < 4.78 is 0. The van der Waals surface area contributed by atoms with Crippen LogP contribution < -0.4 is 0 Å². The highest BCUT2D eigenvalue weighted by Gasteiger charge is 2.35. The molecule has 0 radical (unpaired) electrons. The molecule has 270 valence electrons. The Bertz CT molecular complexity index is 2910. The quantitative estimate of drug-likeness (QED) is 0.163. The normalized spacial score (nSPS) is 12.5. The van der Waals surface area contributed by atoms with Crippen LogP contribution in [0.25, 0.3) is 89.5 Å². The summed E-state index contributed by atoms with van der Waals surface area (Å²) in [6, 6.07) is 73.8. The topological polar surface area (TPSA) is 25.8 Å². The Kier molecular flexibility index (Phi) is 8.53. The van der Waals surface area contributed by atoms with Gasteiger partial charge in [-0.3, -0.25) is 0 Å². The fourth-order valence-corrected chi connectivity index (χ4v) is 8.42. The highest BCUT2D eigenvalue weighted by molar-refractivity contribution is 5.85. The molecule has 2 heteroatoms. The smallest absolute Gasteiger partial charge is 0.160 e. The van der Waals surface area contributed by atoms with Crippen molar-refractivity contribution >= 4 is 0 Å². The van der Waals surface area contributed by atoms with Crippen LogP contribution in [0.2, 0.25) is 0 Å². The Morgan fingerprint density at radius 1 is 0.281 bits per heavy atom. The first-order valence-electron chi connectivity index (χ1n) is 19.6. The third-order valence-electron chi connectivity index (χ3n) is 11.5. The second kappa shape index (κ2) is 14.2. The fraction of sp³-hybridized carbons (Fsp3) is 0.0545. The maximum Gasteiger partial charge on any atom is 0.160 e. The number of fused-ring (bicyclic) bond motifs is 3. The molecule has 1 aromatic heterocycles. The lowest BCUT2D eigenvalue weighted by molar-refractivity contribution is 0.660. The van der Waals surface area contributed by atoms with Gasteiger partial charge in [0, 0.05) is 22.1 Å². The van der Waals surface area contributed by atoms with E-state index in [1.54, 1.807) is 0 Å². The van der Waals surface area contributed by atoms with Gasteiger partial charge >= 0.3 is 0 Å². The lowest BCUT2D eigenvalue weighted by atomic mass is 9.81. The molecule has 0 bridgehead atoms.